The van der Waals surface area contributed by atoms with E-state index in [4.69, 9.17) is 9.47 Å². The summed E-state index contributed by atoms with van der Waals surface area (Å²) in [5.74, 6) is 0.184. The van der Waals surface area contributed by atoms with Gasteiger partial charge in [0.25, 0.3) is 0 Å². The summed E-state index contributed by atoms with van der Waals surface area (Å²) in [4.78, 5) is 15.9. The van der Waals surface area contributed by atoms with Gasteiger partial charge in [0.15, 0.2) is 0 Å². The first-order valence-electron chi connectivity index (χ1n) is 10.8. The summed E-state index contributed by atoms with van der Waals surface area (Å²) in [6, 6.07) is 0. The zero-order valence-corrected chi connectivity index (χ0v) is 17.6. The van der Waals surface area contributed by atoms with E-state index in [2.05, 4.69) is 29.4 Å². The number of nitrogens with zero attached hydrogens (tertiary/aromatic N) is 1. The summed E-state index contributed by atoms with van der Waals surface area (Å²) in [6.45, 7) is 10.1. The Hall–Kier alpha value is -0.690. The van der Waals surface area contributed by atoms with Gasteiger partial charge in [-0.2, -0.15) is 0 Å². The van der Waals surface area contributed by atoms with Gasteiger partial charge in [-0.3, -0.25) is 9.69 Å². The van der Waals surface area contributed by atoms with Crippen molar-refractivity contribution in [1.82, 2.24) is 15.5 Å². The molecule has 2 aliphatic heterocycles. The van der Waals surface area contributed by atoms with Gasteiger partial charge < -0.3 is 20.1 Å². The van der Waals surface area contributed by atoms with Gasteiger partial charge in [-0.1, -0.05) is 19.3 Å². The van der Waals surface area contributed by atoms with Crippen molar-refractivity contribution in [2.24, 2.45) is 5.41 Å². The van der Waals surface area contributed by atoms with Gasteiger partial charge in [0.05, 0.1) is 24.2 Å². The number of carbonyl (C=O) groups is 1. The zero-order chi connectivity index (χ0) is 19.4. The number of hydrogen-bond acceptors (Lipinski definition) is 5. The first kappa shape index (κ1) is 21.0. The van der Waals surface area contributed by atoms with Gasteiger partial charge in [-0.05, 0) is 52.6 Å². The standard InChI is InChI=1S/C21H39N3O3/c1-19(2)16-24(13-14-27-19)21(7-5-4-6-8-21)15-23-18(25)20(17-26-3)9-11-22-12-10-20/h22H,4-17H2,1-3H3,(H,23,25). The molecule has 6 heteroatoms. The van der Waals surface area contributed by atoms with Gasteiger partial charge in [0.2, 0.25) is 5.91 Å². The third-order valence-corrected chi connectivity index (χ3v) is 6.92. The highest BCUT2D eigenvalue weighted by molar-refractivity contribution is 5.83. The SMILES string of the molecule is COCC1(C(=O)NCC2(N3CCOC(C)(C)C3)CCCCC2)CCNCC1. The number of ether oxygens (including phenoxy) is 2. The van der Waals surface area contributed by atoms with E-state index >= 15 is 0 Å². The molecule has 6 nitrogen and oxygen atoms in total. The van der Waals surface area contributed by atoms with Crippen LogP contribution in [0.2, 0.25) is 0 Å². The van der Waals surface area contributed by atoms with Crippen LogP contribution in [0.25, 0.3) is 0 Å². The van der Waals surface area contributed by atoms with Crippen LogP contribution >= 0.6 is 0 Å². The van der Waals surface area contributed by atoms with Crippen molar-refractivity contribution in [2.75, 3.05) is 53.0 Å². The summed E-state index contributed by atoms with van der Waals surface area (Å²) in [5, 5.41) is 6.75. The Balaban J connectivity index is 1.70. The van der Waals surface area contributed by atoms with Gasteiger partial charge in [-0.25, -0.2) is 0 Å². The van der Waals surface area contributed by atoms with Crippen molar-refractivity contribution < 1.29 is 14.3 Å². The van der Waals surface area contributed by atoms with Crippen LogP contribution in [0.3, 0.4) is 0 Å². The van der Waals surface area contributed by atoms with Gasteiger partial charge in [0, 0.05) is 32.3 Å². The summed E-state index contributed by atoms with van der Waals surface area (Å²) >= 11 is 0. The van der Waals surface area contributed by atoms with Gasteiger partial charge in [-0.15, -0.1) is 0 Å². The van der Waals surface area contributed by atoms with Crippen molar-refractivity contribution in [3.8, 4) is 0 Å². The van der Waals surface area contributed by atoms with Crippen LogP contribution in [-0.2, 0) is 14.3 Å². The molecule has 0 unspecified atom stereocenters. The number of piperidine rings is 1. The average molecular weight is 382 g/mol. The molecule has 2 saturated heterocycles. The fourth-order valence-corrected chi connectivity index (χ4v) is 5.29. The number of morpholine rings is 1. The van der Waals surface area contributed by atoms with Crippen molar-refractivity contribution in [3.63, 3.8) is 0 Å². The topological polar surface area (TPSA) is 62.8 Å². The van der Waals surface area contributed by atoms with E-state index in [0.29, 0.717) is 6.61 Å². The van der Waals surface area contributed by atoms with E-state index in [-0.39, 0.29) is 22.5 Å². The summed E-state index contributed by atoms with van der Waals surface area (Å²) < 4.78 is 11.4. The van der Waals surface area contributed by atoms with Crippen molar-refractivity contribution >= 4 is 5.91 Å². The lowest BCUT2D eigenvalue weighted by molar-refractivity contribution is -0.140. The molecule has 1 aliphatic carbocycles. The molecule has 0 aromatic heterocycles. The first-order valence-corrected chi connectivity index (χ1v) is 10.8. The minimum atomic E-state index is -0.375. The second-order valence-electron chi connectivity index (χ2n) is 9.46. The van der Waals surface area contributed by atoms with Crippen LogP contribution in [0.15, 0.2) is 0 Å². The molecule has 1 saturated carbocycles. The van der Waals surface area contributed by atoms with E-state index in [1.807, 2.05) is 0 Å². The Morgan fingerprint density at radius 3 is 2.48 bits per heavy atom. The second-order valence-corrected chi connectivity index (χ2v) is 9.46. The van der Waals surface area contributed by atoms with Crippen LogP contribution in [0.1, 0.15) is 58.8 Å². The number of carbonyl (C=O) groups excluding carboxylic acids is 1. The highest BCUT2D eigenvalue weighted by atomic mass is 16.5. The van der Waals surface area contributed by atoms with Crippen LogP contribution in [0.4, 0.5) is 0 Å². The molecule has 3 rings (SSSR count). The average Bonchev–Trinajstić information content (AvgIpc) is 2.67. The molecule has 156 valence electrons. The fourth-order valence-electron chi connectivity index (χ4n) is 5.29. The Morgan fingerprint density at radius 1 is 1.15 bits per heavy atom. The molecule has 0 radical (unpaired) electrons. The molecule has 3 aliphatic rings. The van der Waals surface area contributed by atoms with E-state index < -0.39 is 0 Å². The van der Waals surface area contributed by atoms with Crippen molar-refractivity contribution in [2.45, 2.75) is 69.9 Å². The number of rotatable bonds is 6. The zero-order valence-electron chi connectivity index (χ0n) is 17.6. The third-order valence-electron chi connectivity index (χ3n) is 6.92. The number of methoxy groups -OCH3 is 1. The Morgan fingerprint density at radius 2 is 1.85 bits per heavy atom. The maximum Gasteiger partial charge on any atom is 0.228 e. The Kier molecular flexibility index (Phi) is 6.83. The summed E-state index contributed by atoms with van der Waals surface area (Å²) in [7, 11) is 1.70. The van der Waals surface area contributed by atoms with Crippen molar-refractivity contribution in [1.29, 1.82) is 0 Å². The molecule has 2 heterocycles. The lowest BCUT2D eigenvalue weighted by atomic mass is 9.77. The van der Waals surface area contributed by atoms with E-state index in [1.165, 1.54) is 32.1 Å². The fraction of sp³-hybridized carbons (Fsp3) is 0.952. The Bertz CT molecular complexity index is 491. The highest BCUT2D eigenvalue weighted by Gasteiger charge is 2.45. The normalized spacial score (nSPS) is 27.8. The van der Waals surface area contributed by atoms with Gasteiger partial charge >= 0.3 is 0 Å². The first-order chi connectivity index (χ1) is 12.9. The molecule has 0 aromatic carbocycles. The molecule has 0 aromatic rings. The van der Waals surface area contributed by atoms with Gasteiger partial charge in [0.1, 0.15) is 0 Å². The van der Waals surface area contributed by atoms with Crippen LogP contribution in [-0.4, -0.2) is 75.0 Å². The van der Waals surface area contributed by atoms with Crippen LogP contribution < -0.4 is 10.6 Å². The number of nitrogens with one attached hydrogen (secondary N) is 2. The van der Waals surface area contributed by atoms with E-state index in [9.17, 15) is 4.79 Å². The molecule has 2 N–H and O–H groups in total. The van der Waals surface area contributed by atoms with Crippen LogP contribution in [0, 0.1) is 5.41 Å². The molecule has 1 amide bonds. The predicted octanol–water partition coefficient (Wildman–Crippen LogP) is 1.93. The summed E-state index contributed by atoms with van der Waals surface area (Å²) in [6.07, 6.45) is 7.85. The molecule has 27 heavy (non-hydrogen) atoms. The van der Waals surface area contributed by atoms with E-state index in [0.717, 1.165) is 52.2 Å². The lowest BCUT2D eigenvalue weighted by Crippen LogP contribution is -2.64. The summed E-state index contributed by atoms with van der Waals surface area (Å²) in [5.41, 5.74) is -0.407. The molecule has 0 spiro atoms. The second kappa shape index (κ2) is 8.76. The lowest BCUT2D eigenvalue weighted by Gasteiger charge is -2.52. The van der Waals surface area contributed by atoms with Crippen molar-refractivity contribution in [3.05, 3.63) is 0 Å². The molecular weight excluding hydrogens is 342 g/mol. The van der Waals surface area contributed by atoms with E-state index in [1.54, 1.807) is 7.11 Å². The minimum Gasteiger partial charge on any atom is -0.384 e. The highest BCUT2D eigenvalue weighted by Crippen LogP contribution is 2.37. The monoisotopic (exact) mass is 381 g/mol. The molecular formula is C21H39N3O3. The van der Waals surface area contributed by atoms with Crippen LogP contribution in [0.5, 0.6) is 0 Å². The molecule has 3 fully saturated rings. The number of amides is 1. The minimum absolute atomic E-state index is 0.0795. The smallest absolute Gasteiger partial charge is 0.228 e. The maximum absolute atomic E-state index is 13.2. The maximum atomic E-state index is 13.2. The quantitative estimate of drug-likeness (QED) is 0.736. The number of hydrogen-bond donors (Lipinski definition) is 2. The molecule has 0 atom stereocenters. The Labute approximate surface area is 164 Å². The largest absolute Gasteiger partial charge is 0.384 e. The predicted molar refractivity (Wildman–Crippen MR) is 107 cm³/mol. The molecule has 0 bridgehead atoms. The third kappa shape index (κ3) is 4.84.